The van der Waals surface area contributed by atoms with Gasteiger partial charge in [-0.05, 0) is 6.07 Å². The number of alkyl halides is 7. The first-order valence-corrected chi connectivity index (χ1v) is 4.13. The Morgan fingerprint density at radius 3 is 2.06 bits per heavy atom. The lowest BCUT2D eigenvalue weighted by Crippen LogP contribution is -2.21. The average Bonchev–Trinajstić information content (AvgIpc) is 2.17. The first kappa shape index (κ1) is 14.5. The number of hydrogen-bond acceptors (Lipinski definition) is 2. The molecule has 0 bridgehead atoms. The molecule has 18 heavy (non-hydrogen) atoms. The van der Waals surface area contributed by atoms with Crippen LogP contribution in [0.25, 0.3) is 0 Å². The molecule has 0 spiro atoms. The lowest BCUT2D eigenvalue weighted by Gasteiger charge is -2.13. The van der Waals surface area contributed by atoms with Gasteiger partial charge >= 0.3 is 12.5 Å². The first-order valence-electron chi connectivity index (χ1n) is 4.13. The molecule has 10 heteroatoms. The van der Waals surface area contributed by atoms with Crippen LogP contribution in [0.1, 0.15) is 11.3 Å². The van der Waals surface area contributed by atoms with E-state index in [9.17, 15) is 35.1 Å². The number of nitrogens with zero attached hydrogens (tertiary/aromatic N) is 1. The van der Waals surface area contributed by atoms with Crippen LogP contribution in [0, 0.1) is 5.82 Å². The molecule has 0 aliphatic carbocycles. The number of hydrogen-bond donors (Lipinski definition) is 0. The van der Waals surface area contributed by atoms with E-state index in [-0.39, 0.29) is 6.07 Å². The van der Waals surface area contributed by atoms with Crippen molar-refractivity contribution in [2.24, 2.45) is 0 Å². The van der Waals surface area contributed by atoms with Crippen molar-refractivity contribution in [1.29, 1.82) is 0 Å². The van der Waals surface area contributed by atoms with Gasteiger partial charge in [0.2, 0.25) is 0 Å². The van der Waals surface area contributed by atoms with Crippen LogP contribution < -0.4 is 4.74 Å². The van der Waals surface area contributed by atoms with Crippen LogP contribution in [0.2, 0.25) is 0 Å². The fourth-order valence-electron chi connectivity index (χ4n) is 0.976. The Morgan fingerprint density at radius 2 is 1.67 bits per heavy atom. The van der Waals surface area contributed by atoms with E-state index >= 15 is 0 Å². The fraction of sp³-hybridized carbons (Fsp3) is 0.375. The molecule has 0 aliphatic heterocycles. The van der Waals surface area contributed by atoms with Gasteiger partial charge in [-0.25, -0.2) is 13.8 Å². The number of aromatic nitrogens is 1. The minimum absolute atomic E-state index is 0.0292. The van der Waals surface area contributed by atoms with E-state index in [1.807, 2.05) is 0 Å². The van der Waals surface area contributed by atoms with E-state index in [1.54, 1.807) is 0 Å². The molecule has 0 N–H and O–H groups in total. The summed E-state index contributed by atoms with van der Waals surface area (Å²) in [6.45, 7) is -1.73. The van der Waals surface area contributed by atoms with E-state index in [1.165, 1.54) is 0 Å². The minimum Gasteiger partial charge on any atom is -0.385 e. The molecule has 1 aromatic heterocycles. The zero-order valence-corrected chi connectivity index (χ0v) is 8.16. The Bertz CT molecular complexity index is 438. The van der Waals surface area contributed by atoms with Gasteiger partial charge in [-0.15, -0.1) is 13.2 Å². The first-order chi connectivity index (χ1) is 8.04. The molecule has 0 unspecified atom stereocenters. The van der Waals surface area contributed by atoms with Crippen molar-refractivity contribution in [2.45, 2.75) is 19.2 Å². The average molecular weight is 281 g/mol. The minimum atomic E-state index is -5.44. The standard InChI is InChI=1S/C8H3F8NO/c9-2-3-1-4(7(11,12)13)17-6(5(3)10)18-8(14,15)16/h1H,2H2. The highest BCUT2D eigenvalue weighted by molar-refractivity contribution is 5.28. The lowest BCUT2D eigenvalue weighted by molar-refractivity contribution is -0.277. The van der Waals surface area contributed by atoms with Crippen molar-refractivity contribution < 1.29 is 39.9 Å². The van der Waals surface area contributed by atoms with Gasteiger partial charge in [-0.3, -0.25) is 0 Å². The molecule has 1 rings (SSSR count). The zero-order chi connectivity index (χ0) is 14.1. The molecule has 102 valence electrons. The smallest absolute Gasteiger partial charge is 0.385 e. The Labute approximate surface area is 94.2 Å². The van der Waals surface area contributed by atoms with Crippen LogP contribution >= 0.6 is 0 Å². The molecule has 0 radical (unpaired) electrons. The van der Waals surface area contributed by atoms with Gasteiger partial charge in [-0.2, -0.15) is 13.2 Å². The summed E-state index contributed by atoms with van der Waals surface area (Å²) < 4.78 is 100. The summed E-state index contributed by atoms with van der Waals surface area (Å²) in [4.78, 5) is 2.33. The van der Waals surface area contributed by atoms with E-state index in [2.05, 4.69) is 9.72 Å². The van der Waals surface area contributed by atoms with Crippen molar-refractivity contribution in [3.05, 3.63) is 23.1 Å². The van der Waals surface area contributed by atoms with Crippen LogP contribution in [0.5, 0.6) is 5.88 Å². The second-order valence-corrected chi connectivity index (χ2v) is 2.96. The van der Waals surface area contributed by atoms with Crippen molar-refractivity contribution in [2.75, 3.05) is 0 Å². The quantitative estimate of drug-likeness (QED) is 0.772. The zero-order valence-electron chi connectivity index (χ0n) is 8.16. The van der Waals surface area contributed by atoms with Gasteiger partial charge in [0.25, 0.3) is 5.88 Å². The van der Waals surface area contributed by atoms with Gasteiger partial charge < -0.3 is 4.74 Å². The van der Waals surface area contributed by atoms with Crippen LogP contribution in [-0.2, 0) is 12.9 Å². The number of halogens is 8. The molecule has 0 saturated carbocycles. The Hall–Kier alpha value is -1.61. The number of rotatable bonds is 2. The maximum Gasteiger partial charge on any atom is 0.574 e. The topological polar surface area (TPSA) is 22.1 Å². The molecule has 0 aromatic carbocycles. The van der Waals surface area contributed by atoms with E-state index in [0.717, 1.165) is 0 Å². The summed E-state index contributed by atoms with van der Waals surface area (Å²) in [5, 5.41) is 0. The van der Waals surface area contributed by atoms with Crippen molar-refractivity contribution in [3.8, 4) is 5.88 Å². The van der Waals surface area contributed by atoms with Gasteiger partial charge in [0, 0.05) is 5.56 Å². The molecule has 0 atom stereocenters. The highest BCUT2D eigenvalue weighted by Gasteiger charge is 2.38. The summed E-state index contributed by atoms with van der Waals surface area (Å²) in [5.41, 5.74) is -3.10. The summed E-state index contributed by atoms with van der Waals surface area (Å²) in [6.07, 6.45) is -10.6. The second kappa shape index (κ2) is 4.58. The summed E-state index contributed by atoms with van der Waals surface area (Å²) >= 11 is 0. The van der Waals surface area contributed by atoms with Crippen LogP contribution in [-0.4, -0.2) is 11.3 Å². The van der Waals surface area contributed by atoms with Gasteiger partial charge in [0.1, 0.15) is 12.4 Å². The Kier molecular flexibility index (Phi) is 3.67. The van der Waals surface area contributed by atoms with E-state index in [0.29, 0.717) is 0 Å². The molecule has 2 nitrogen and oxygen atoms in total. The maximum atomic E-state index is 13.1. The van der Waals surface area contributed by atoms with Gasteiger partial charge in [-0.1, -0.05) is 0 Å². The molecule has 0 fully saturated rings. The molecular weight excluding hydrogens is 278 g/mol. The second-order valence-electron chi connectivity index (χ2n) is 2.96. The Morgan fingerprint density at radius 1 is 1.11 bits per heavy atom. The highest BCUT2D eigenvalue weighted by Crippen LogP contribution is 2.33. The summed E-state index contributed by atoms with van der Waals surface area (Å²) in [7, 11) is 0. The van der Waals surface area contributed by atoms with Crippen molar-refractivity contribution >= 4 is 0 Å². The fourth-order valence-corrected chi connectivity index (χ4v) is 0.976. The molecule has 0 saturated heterocycles. The maximum absolute atomic E-state index is 13.1. The SMILES string of the molecule is FCc1cc(C(F)(F)F)nc(OC(F)(F)F)c1F. The number of pyridine rings is 1. The largest absolute Gasteiger partial charge is 0.574 e. The molecular formula is C8H3F8NO. The third-order valence-electron chi connectivity index (χ3n) is 1.65. The predicted molar refractivity (Wildman–Crippen MR) is 40.7 cm³/mol. The van der Waals surface area contributed by atoms with Crippen molar-refractivity contribution in [1.82, 2.24) is 4.98 Å². The van der Waals surface area contributed by atoms with Gasteiger partial charge in [0.05, 0.1) is 0 Å². The normalized spacial score (nSPS) is 12.7. The monoisotopic (exact) mass is 281 g/mol. The molecule has 0 aliphatic rings. The third-order valence-corrected chi connectivity index (χ3v) is 1.65. The summed E-state index contributed by atoms with van der Waals surface area (Å²) in [6, 6.07) is -0.0292. The number of ether oxygens (including phenoxy) is 1. The van der Waals surface area contributed by atoms with Crippen LogP contribution in [0.4, 0.5) is 35.1 Å². The predicted octanol–water partition coefficient (Wildman–Crippen LogP) is 3.61. The molecule has 0 amide bonds. The van der Waals surface area contributed by atoms with Crippen LogP contribution in [0.15, 0.2) is 6.07 Å². The third kappa shape index (κ3) is 3.44. The van der Waals surface area contributed by atoms with Gasteiger partial charge in [0.15, 0.2) is 5.82 Å². The highest BCUT2D eigenvalue weighted by atomic mass is 19.4. The van der Waals surface area contributed by atoms with E-state index < -0.39 is 42.2 Å². The lowest BCUT2D eigenvalue weighted by atomic mass is 10.2. The Balaban J connectivity index is 3.32. The summed E-state index contributed by atoms with van der Waals surface area (Å²) in [5.74, 6) is -3.90. The molecule has 1 aromatic rings. The molecule has 1 heterocycles. The van der Waals surface area contributed by atoms with E-state index in [4.69, 9.17) is 0 Å². The van der Waals surface area contributed by atoms with Crippen molar-refractivity contribution in [3.63, 3.8) is 0 Å². The van der Waals surface area contributed by atoms with Crippen LogP contribution in [0.3, 0.4) is 0 Å².